The first-order valence-corrected chi connectivity index (χ1v) is 6.62. The summed E-state index contributed by atoms with van der Waals surface area (Å²) in [6.07, 6.45) is 2.84. The monoisotopic (exact) mass is 265 g/mol. The van der Waals surface area contributed by atoms with E-state index >= 15 is 0 Å². The normalized spacial score (nSPS) is 12.1. The number of rotatable bonds is 8. The zero-order valence-corrected chi connectivity index (χ0v) is 11.4. The van der Waals surface area contributed by atoms with Gasteiger partial charge in [0.25, 0.3) is 5.91 Å². The van der Waals surface area contributed by atoms with Crippen molar-refractivity contribution >= 4 is 17.3 Å². The van der Waals surface area contributed by atoms with Crippen LogP contribution < -0.4 is 16.8 Å². The highest BCUT2D eigenvalue weighted by Crippen LogP contribution is 2.20. The van der Waals surface area contributed by atoms with Crippen LogP contribution in [0.4, 0.5) is 11.4 Å². The minimum Gasteiger partial charge on any atom is -0.399 e. The van der Waals surface area contributed by atoms with E-state index in [1.165, 1.54) is 0 Å². The number of primary amides is 1. The van der Waals surface area contributed by atoms with E-state index in [-0.39, 0.29) is 6.61 Å². The highest BCUT2D eigenvalue weighted by atomic mass is 16.3. The van der Waals surface area contributed by atoms with Gasteiger partial charge >= 0.3 is 0 Å². The lowest BCUT2D eigenvalue weighted by molar-refractivity contribution is 0.100. The third-order valence-corrected chi connectivity index (χ3v) is 3.12. The molecule has 0 saturated heterocycles. The standard InChI is InChI=1S/C14H23N3O2/c1-2-3-10(6-7-18)9-17-13-8-11(15)4-5-12(13)14(16)19/h4-5,8,10,17-18H,2-3,6-7,9,15H2,1H3,(H2,16,19). The molecule has 1 aromatic carbocycles. The van der Waals surface area contributed by atoms with Crippen LogP contribution in [-0.4, -0.2) is 24.2 Å². The number of hydrogen-bond acceptors (Lipinski definition) is 4. The van der Waals surface area contributed by atoms with Crippen LogP contribution in [0.2, 0.25) is 0 Å². The van der Waals surface area contributed by atoms with Gasteiger partial charge in [-0.2, -0.15) is 0 Å². The Balaban J connectivity index is 2.74. The maximum atomic E-state index is 11.3. The number of hydrogen-bond donors (Lipinski definition) is 4. The topological polar surface area (TPSA) is 101 Å². The molecule has 0 bridgehead atoms. The van der Waals surface area contributed by atoms with Crippen LogP contribution in [0.1, 0.15) is 36.5 Å². The number of anilines is 2. The van der Waals surface area contributed by atoms with Gasteiger partial charge in [0.2, 0.25) is 0 Å². The number of benzene rings is 1. The molecule has 19 heavy (non-hydrogen) atoms. The molecule has 0 aliphatic heterocycles. The lowest BCUT2D eigenvalue weighted by Gasteiger charge is -2.18. The number of carbonyl (C=O) groups is 1. The van der Waals surface area contributed by atoms with Crippen molar-refractivity contribution in [2.75, 3.05) is 24.2 Å². The average molecular weight is 265 g/mol. The molecule has 1 rings (SSSR count). The van der Waals surface area contributed by atoms with Crippen molar-refractivity contribution in [3.8, 4) is 0 Å². The van der Waals surface area contributed by atoms with Crippen LogP contribution >= 0.6 is 0 Å². The SMILES string of the molecule is CCCC(CCO)CNc1cc(N)ccc1C(N)=O. The molecule has 5 nitrogen and oxygen atoms in total. The van der Waals surface area contributed by atoms with Crippen LogP contribution in [0, 0.1) is 5.92 Å². The lowest BCUT2D eigenvalue weighted by Crippen LogP contribution is -2.19. The maximum Gasteiger partial charge on any atom is 0.250 e. The predicted octanol–water partition coefficient (Wildman–Crippen LogP) is 1.58. The number of aliphatic hydroxyl groups is 1. The molecular formula is C14H23N3O2. The van der Waals surface area contributed by atoms with E-state index in [2.05, 4.69) is 12.2 Å². The second kappa shape index (κ2) is 7.63. The minimum atomic E-state index is -0.475. The summed E-state index contributed by atoms with van der Waals surface area (Å²) in [5.41, 5.74) is 12.7. The van der Waals surface area contributed by atoms with Gasteiger partial charge in [-0.05, 0) is 37.0 Å². The first-order valence-electron chi connectivity index (χ1n) is 6.62. The summed E-state index contributed by atoms with van der Waals surface area (Å²) in [5, 5.41) is 12.2. The Morgan fingerprint density at radius 3 is 2.74 bits per heavy atom. The van der Waals surface area contributed by atoms with Gasteiger partial charge in [0, 0.05) is 24.5 Å². The molecule has 1 aromatic rings. The largest absolute Gasteiger partial charge is 0.399 e. The van der Waals surface area contributed by atoms with Crippen LogP contribution in [0.3, 0.4) is 0 Å². The van der Waals surface area contributed by atoms with E-state index in [1.54, 1.807) is 18.2 Å². The number of amides is 1. The van der Waals surface area contributed by atoms with Crippen molar-refractivity contribution in [3.05, 3.63) is 23.8 Å². The second-order valence-corrected chi connectivity index (χ2v) is 4.72. The van der Waals surface area contributed by atoms with Crippen molar-refractivity contribution in [1.82, 2.24) is 0 Å². The van der Waals surface area contributed by atoms with E-state index in [0.717, 1.165) is 19.3 Å². The number of nitrogen functional groups attached to an aromatic ring is 1. The first-order chi connectivity index (χ1) is 9.08. The molecule has 1 atom stereocenters. The molecule has 0 fully saturated rings. The van der Waals surface area contributed by atoms with Crippen LogP contribution in [0.5, 0.6) is 0 Å². The second-order valence-electron chi connectivity index (χ2n) is 4.72. The third kappa shape index (κ3) is 4.79. The van der Waals surface area contributed by atoms with Crippen molar-refractivity contribution in [2.24, 2.45) is 11.7 Å². The van der Waals surface area contributed by atoms with Crippen LogP contribution in [-0.2, 0) is 0 Å². The van der Waals surface area contributed by atoms with E-state index in [9.17, 15) is 4.79 Å². The van der Waals surface area contributed by atoms with Gasteiger partial charge in [-0.15, -0.1) is 0 Å². The van der Waals surface area contributed by atoms with Gasteiger partial charge in [-0.3, -0.25) is 4.79 Å². The number of carbonyl (C=O) groups excluding carboxylic acids is 1. The fourth-order valence-corrected chi connectivity index (χ4v) is 2.12. The summed E-state index contributed by atoms with van der Waals surface area (Å²) in [6.45, 7) is 2.98. The number of nitrogens with one attached hydrogen (secondary N) is 1. The number of nitrogens with two attached hydrogens (primary N) is 2. The highest BCUT2D eigenvalue weighted by molar-refractivity contribution is 5.99. The Bertz CT molecular complexity index is 415. The summed E-state index contributed by atoms with van der Waals surface area (Å²) in [7, 11) is 0. The molecule has 6 N–H and O–H groups in total. The summed E-state index contributed by atoms with van der Waals surface area (Å²) >= 11 is 0. The third-order valence-electron chi connectivity index (χ3n) is 3.12. The summed E-state index contributed by atoms with van der Waals surface area (Å²) < 4.78 is 0. The molecule has 0 spiro atoms. The number of aliphatic hydroxyl groups excluding tert-OH is 1. The molecule has 5 heteroatoms. The van der Waals surface area contributed by atoms with Crippen molar-refractivity contribution in [2.45, 2.75) is 26.2 Å². The Labute approximate surface area is 114 Å². The lowest BCUT2D eigenvalue weighted by atomic mass is 10.00. The van der Waals surface area contributed by atoms with Crippen LogP contribution in [0.25, 0.3) is 0 Å². The fraction of sp³-hybridized carbons (Fsp3) is 0.500. The molecule has 0 radical (unpaired) electrons. The minimum absolute atomic E-state index is 0.173. The predicted molar refractivity (Wildman–Crippen MR) is 78.0 cm³/mol. The van der Waals surface area contributed by atoms with E-state index in [1.807, 2.05) is 0 Å². The van der Waals surface area contributed by atoms with E-state index in [4.69, 9.17) is 16.6 Å². The molecule has 0 aliphatic carbocycles. The molecule has 0 aromatic heterocycles. The molecular weight excluding hydrogens is 242 g/mol. The summed E-state index contributed by atoms with van der Waals surface area (Å²) in [4.78, 5) is 11.3. The van der Waals surface area contributed by atoms with Gasteiger partial charge in [0.1, 0.15) is 0 Å². The Hall–Kier alpha value is -1.75. The van der Waals surface area contributed by atoms with E-state index < -0.39 is 5.91 Å². The fourth-order valence-electron chi connectivity index (χ4n) is 2.12. The smallest absolute Gasteiger partial charge is 0.250 e. The first kappa shape index (κ1) is 15.3. The zero-order valence-electron chi connectivity index (χ0n) is 11.4. The highest BCUT2D eigenvalue weighted by Gasteiger charge is 2.11. The zero-order chi connectivity index (χ0) is 14.3. The molecule has 1 amide bonds. The Kier molecular flexibility index (Phi) is 6.15. The van der Waals surface area contributed by atoms with Crippen molar-refractivity contribution < 1.29 is 9.90 Å². The van der Waals surface area contributed by atoms with Gasteiger partial charge in [-0.25, -0.2) is 0 Å². The molecule has 0 saturated carbocycles. The van der Waals surface area contributed by atoms with Gasteiger partial charge in [0.15, 0.2) is 0 Å². The van der Waals surface area contributed by atoms with Crippen molar-refractivity contribution in [1.29, 1.82) is 0 Å². The summed E-state index contributed by atoms with van der Waals surface area (Å²) in [6, 6.07) is 4.99. The Morgan fingerprint density at radius 1 is 1.42 bits per heavy atom. The quantitative estimate of drug-likeness (QED) is 0.536. The average Bonchev–Trinajstić information content (AvgIpc) is 2.36. The van der Waals surface area contributed by atoms with E-state index in [0.29, 0.717) is 29.4 Å². The van der Waals surface area contributed by atoms with Gasteiger partial charge in [0.05, 0.1) is 5.56 Å². The van der Waals surface area contributed by atoms with Crippen molar-refractivity contribution in [3.63, 3.8) is 0 Å². The summed E-state index contributed by atoms with van der Waals surface area (Å²) in [5.74, 6) is -0.103. The molecule has 1 unspecified atom stereocenters. The molecule has 0 heterocycles. The Morgan fingerprint density at radius 2 is 2.16 bits per heavy atom. The molecule has 106 valence electrons. The van der Waals surface area contributed by atoms with Gasteiger partial charge < -0.3 is 21.9 Å². The maximum absolute atomic E-state index is 11.3. The van der Waals surface area contributed by atoms with Crippen LogP contribution in [0.15, 0.2) is 18.2 Å². The molecule has 0 aliphatic rings. The van der Waals surface area contributed by atoms with Gasteiger partial charge in [-0.1, -0.05) is 13.3 Å².